The molecule has 1 unspecified atom stereocenters. The Labute approximate surface area is 129 Å². The van der Waals surface area contributed by atoms with Gasteiger partial charge >= 0.3 is 0 Å². The third-order valence-electron chi connectivity index (χ3n) is 3.67. The van der Waals surface area contributed by atoms with E-state index in [0.29, 0.717) is 5.92 Å². The Morgan fingerprint density at radius 3 is 2.19 bits per heavy atom. The summed E-state index contributed by atoms with van der Waals surface area (Å²) in [5.41, 5.74) is 2.34. The molecule has 0 aromatic heterocycles. The van der Waals surface area contributed by atoms with E-state index in [1.807, 2.05) is 0 Å². The second-order valence-corrected chi connectivity index (χ2v) is 7.80. The first-order chi connectivity index (χ1) is 9.81. The van der Waals surface area contributed by atoms with Gasteiger partial charge in [0, 0.05) is 14.1 Å². The SMILES string of the molecule is CCCc1ccc(C(CC(C)C)N(C)S(=O)(=O)NC)cc1. The summed E-state index contributed by atoms with van der Waals surface area (Å²) in [4.78, 5) is 0. The molecule has 0 fully saturated rings. The first-order valence-electron chi connectivity index (χ1n) is 7.57. The number of nitrogens with zero attached hydrogens (tertiary/aromatic N) is 1. The van der Waals surface area contributed by atoms with Crippen LogP contribution in [0.15, 0.2) is 24.3 Å². The molecule has 1 N–H and O–H groups in total. The van der Waals surface area contributed by atoms with Gasteiger partial charge in [-0.25, -0.2) is 4.72 Å². The number of hydrogen-bond acceptors (Lipinski definition) is 2. The molecule has 1 aromatic carbocycles. The van der Waals surface area contributed by atoms with E-state index >= 15 is 0 Å². The Morgan fingerprint density at radius 2 is 1.76 bits per heavy atom. The molecular weight excluding hydrogens is 284 g/mol. The quantitative estimate of drug-likeness (QED) is 0.802. The summed E-state index contributed by atoms with van der Waals surface area (Å²) in [7, 11) is -0.343. The van der Waals surface area contributed by atoms with Crippen molar-refractivity contribution in [2.75, 3.05) is 14.1 Å². The Kier molecular flexibility index (Phi) is 6.84. The van der Waals surface area contributed by atoms with Crippen LogP contribution >= 0.6 is 0 Å². The van der Waals surface area contributed by atoms with E-state index in [2.05, 4.69) is 49.8 Å². The van der Waals surface area contributed by atoms with Crippen LogP contribution in [0, 0.1) is 5.92 Å². The lowest BCUT2D eigenvalue weighted by Gasteiger charge is -2.29. The van der Waals surface area contributed by atoms with Gasteiger partial charge in [-0.05, 0) is 29.9 Å². The molecule has 0 radical (unpaired) electrons. The second-order valence-electron chi connectivity index (χ2n) is 5.86. The van der Waals surface area contributed by atoms with Gasteiger partial charge in [-0.1, -0.05) is 51.5 Å². The highest BCUT2D eigenvalue weighted by Gasteiger charge is 2.26. The van der Waals surface area contributed by atoms with Gasteiger partial charge in [-0.15, -0.1) is 0 Å². The van der Waals surface area contributed by atoms with Crippen molar-refractivity contribution in [1.82, 2.24) is 9.03 Å². The van der Waals surface area contributed by atoms with E-state index in [9.17, 15) is 8.42 Å². The fourth-order valence-electron chi connectivity index (χ4n) is 2.45. The molecule has 0 aliphatic heterocycles. The molecule has 1 aromatic rings. The molecule has 5 heteroatoms. The average Bonchev–Trinajstić information content (AvgIpc) is 2.45. The zero-order valence-electron chi connectivity index (χ0n) is 13.8. The van der Waals surface area contributed by atoms with Crippen LogP contribution < -0.4 is 4.72 Å². The number of nitrogens with one attached hydrogen (secondary N) is 1. The minimum atomic E-state index is -3.43. The number of rotatable bonds is 8. The predicted octanol–water partition coefficient (Wildman–Crippen LogP) is 3.12. The van der Waals surface area contributed by atoms with Gasteiger partial charge in [0.1, 0.15) is 0 Å². The van der Waals surface area contributed by atoms with Crippen molar-refractivity contribution in [1.29, 1.82) is 0 Å². The topological polar surface area (TPSA) is 49.4 Å². The molecule has 1 atom stereocenters. The van der Waals surface area contributed by atoms with Crippen LogP contribution in [0.5, 0.6) is 0 Å². The Balaban J connectivity index is 3.07. The molecule has 0 spiro atoms. The summed E-state index contributed by atoms with van der Waals surface area (Å²) >= 11 is 0. The Morgan fingerprint density at radius 1 is 1.19 bits per heavy atom. The summed E-state index contributed by atoms with van der Waals surface area (Å²) in [5.74, 6) is 0.417. The fraction of sp³-hybridized carbons (Fsp3) is 0.625. The van der Waals surface area contributed by atoms with Crippen molar-refractivity contribution in [2.45, 2.75) is 46.1 Å². The molecule has 0 aliphatic carbocycles. The Hall–Kier alpha value is -0.910. The lowest BCUT2D eigenvalue weighted by atomic mass is 9.96. The zero-order valence-corrected chi connectivity index (χ0v) is 14.6. The third-order valence-corrected chi connectivity index (χ3v) is 5.20. The molecule has 0 aliphatic rings. The highest BCUT2D eigenvalue weighted by Crippen LogP contribution is 2.28. The normalized spacial score (nSPS) is 13.9. The lowest BCUT2D eigenvalue weighted by molar-refractivity contribution is 0.321. The highest BCUT2D eigenvalue weighted by molar-refractivity contribution is 7.87. The summed E-state index contributed by atoms with van der Waals surface area (Å²) in [6.07, 6.45) is 2.97. The van der Waals surface area contributed by atoms with Crippen molar-refractivity contribution in [3.05, 3.63) is 35.4 Å². The standard InChI is InChI=1S/C16H28N2O2S/c1-6-7-14-8-10-15(11-9-14)16(12-13(2)3)18(5)21(19,20)17-4/h8-11,13,16-17H,6-7,12H2,1-5H3. The van der Waals surface area contributed by atoms with Crippen LogP contribution in [0.2, 0.25) is 0 Å². The maximum atomic E-state index is 12.1. The van der Waals surface area contributed by atoms with Crippen molar-refractivity contribution >= 4 is 10.2 Å². The first kappa shape index (κ1) is 18.1. The van der Waals surface area contributed by atoms with Crippen molar-refractivity contribution in [3.8, 4) is 0 Å². The van der Waals surface area contributed by atoms with Crippen LogP contribution in [0.4, 0.5) is 0 Å². The average molecular weight is 312 g/mol. The molecule has 0 heterocycles. The molecule has 4 nitrogen and oxygen atoms in total. The van der Waals surface area contributed by atoms with E-state index < -0.39 is 10.2 Å². The smallest absolute Gasteiger partial charge is 0.205 e. The summed E-state index contributed by atoms with van der Waals surface area (Å²) in [6.45, 7) is 6.37. The van der Waals surface area contributed by atoms with Crippen molar-refractivity contribution in [2.24, 2.45) is 5.92 Å². The number of benzene rings is 1. The summed E-state index contributed by atoms with van der Waals surface area (Å²) < 4.78 is 28.0. The fourth-order valence-corrected chi connectivity index (χ4v) is 3.28. The van der Waals surface area contributed by atoms with Gasteiger partial charge in [0.15, 0.2) is 0 Å². The number of aryl methyl sites for hydroxylation is 1. The predicted molar refractivity (Wildman–Crippen MR) is 88.4 cm³/mol. The highest BCUT2D eigenvalue weighted by atomic mass is 32.2. The zero-order chi connectivity index (χ0) is 16.0. The monoisotopic (exact) mass is 312 g/mol. The molecule has 0 saturated heterocycles. The summed E-state index contributed by atoms with van der Waals surface area (Å²) in [6, 6.07) is 8.18. The molecule has 1 rings (SSSR count). The van der Waals surface area contributed by atoms with Crippen LogP contribution in [-0.4, -0.2) is 26.8 Å². The van der Waals surface area contributed by atoms with E-state index in [4.69, 9.17) is 0 Å². The van der Waals surface area contributed by atoms with E-state index in [1.165, 1.54) is 16.9 Å². The van der Waals surface area contributed by atoms with Gasteiger partial charge < -0.3 is 0 Å². The van der Waals surface area contributed by atoms with Gasteiger partial charge in [0.05, 0.1) is 6.04 Å². The minimum Gasteiger partial charge on any atom is -0.205 e. The maximum Gasteiger partial charge on any atom is 0.279 e. The summed E-state index contributed by atoms with van der Waals surface area (Å²) in [5, 5.41) is 0. The molecule has 21 heavy (non-hydrogen) atoms. The lowest BCUT2D eigenvalue weighted by Crippen LogP contribution is -2.39. The van der Waals surface area contributed by atoms with Gasteiger partial charge in [-0.3, -0.25) is 0 Å². The Bertz CT molecular complexity index is 524. The molecule has 0 bridgehead atoms. The van der Waals surface area contributed by atoms with E-state index in [-0.39, 0.29) is 6.04 Å². The van der Waals surface area contributed by atoms with Crippen LogP contribution in [-0.2, 0) is 16.6 Å². The van der Waals surface area contributed by atoms with E-state index in [0.717, 1.165) is 24.8 Å². The second kappa shape index (κ2) is 7.92. The number of hydrogen-bond donors (Lipinski definition) is 1. The van der Waals surface area contributed by atoms with Crippen molar-refractivity contribution in [3.63, 3.8) is 0 Å². The van der Waals surface area contributed by atoms with Crippen LogP contribution in [0.3, 0.4) is 0 Å². The first-order valence-corrected chi connectivity index (χ1v) is 9.01. The van der Waals surface area contributed by atoms with Gasteiger partial charge in [-0.2, -0.15) is 12.7 Å². The molecule has 0 saturated carbocycles. The minimum absolute atomic E-state index is 0.141. The third kappa shape index (κ3) is 5.09. The van der Waals surface area contributed by atoms with Crippen LogP contribution in [0.1, 0.15) is 50.8 Å². The van der Waals surface area contributed by atoms with E-state index in [1.54, 1.807) is 7.05 Å². The maximum absolute atomic E-state index is 12.1. The van der Waals surface area contributed by atoms with Crippen molar-refractivity contribution < 1.29 is 8.42 Å². The molecule has 120 valence electrons. The molecule has 0 amide bonds. The molecular formula is C16H28N2O2S. The van der Waals surface area contributed by atoms with Gasteiger partial charge in [0.25, 0.3) is 10.2 Å². The van der Waals surface area contributed by atoms with Gasteiger partial charge in [0.2, 0.25) is 0 Å². The van der Waals surface area contributed by atoms with Crippen LogP contribution in [0.25, 0.3) is 0 Å². The largest absolute Gasteiger partial charge is 0.279 e.